The molecule has 0 spiro atoms. The molecule has 1 nitrogen and oxygen atoms in total. The highest BCUT2D eigenvalue weighted by Crippen LogP contribution is 2.40. The van der Waals surface area contributed by atoms with E-state index in [1.165, 1.54) is 36.5 Å². The van der Waals surface area contributed by atoms with E-state index in [2.05, 4.69) is 39.0 Å². The van der Waals surface area contributed by atoms with E-state index in [9.17, 15) is 4.79 Å². The van der Waals surface area contributed by atoms with Crippen molar-refractivity contribution in [2.24, 2.45) is 5.41 Å². The second-order valence-electron chi connectivity index (χ2n) is 7.12. The Morgan fingerprint density at radius 3 is 1.48 bits per heavy atom. The van der Waals surface area contributed by atoms with E-state index in [0.29, 0.717) is 5.41 Å². The summed E-state index contributed by atoms with van der Waals surface area (Å²) in [7, 11) is 0. The van der Waals surface area contributed by atoms with Crippen molar-refractivity contribution in [1.29, 1.82) is 0 Å². The SMILES string of the molecule is CC1=C(C=CC=CC=CC=CC=CC=CC=CC=CC=O)C(C)(C)CCC1. The van der Waals surface area contributed by atoms with Gasteiger partial charge in [0.1, 0.15) is 6.29 Å². The Labute approximate surface area is 165 Å². The van der Waals surface area contributed by atoms with E-state index in [-0.39, 0.29) is 0 Å². The van der Waals surface area contributed by atoms with Crippen LogP contribution in [-0.2, 0) is 4.79 Å². The summed E-state index contributed by atoms with van der Waals surface area (Å²) >= 11 is 0. The average Bonchev–Trinajstić information content (AvgIpc) is 2.63. The quantitative estimate of drug-likeness (QED) is 0.242. The topological polar surface area (TPSA) is 17.1 Å². The number of carbonyl (C=O) groups is 1. The van der Waals surface area contributed by atoms with Gasteiger partial charge in [0.25, 0.3) is 0 Å². The van der Waals surface area contributed by atoms with E-state index < -0.39 is 0 Å². The van der Waals surface area contributed by atoms with Crippen LogP contribution >= 0.6 is 0 Å². The molecule has 0 aromatic heterocycles. The zero-order valence-corrected chi connectivity index (χ0v) is 16.8. The number of allylic oxidation sites excluding steroid dienone is 18. The van der Waals surface area contributed by atoms with Gasteiger partial charge in [0.05, 0.1) is 0 Å². The van der Waals surface area contributed by atoms with Gasteiger partial charge in [0, 0.05) is 0 Å². The number of rotatable bonds is 9. The van der Waals surface area contributed by atoms with Gasteiger partial charge >= 0.3 is 0 Å². The molecule has 142 valence electrons. The Morgan fingerprint density at radius 1 is 0.667 bits per heavy atom. The van der Waals surface area contributed by atoms with Gasteiger partial charge in [-0.25, -0.2) is 0 Å². The Hall–Kier alpha value is -2.67. The van der Waals surface area contributed by atoms with Crippen LogP contribution in [0.2, 0.25) is 0 Å². The second kappa shape index (κ2) is 13.5. The molecule has 0 atom stereocenters. The minimum atomic E-state index is 0.300. The van der Waals surface area contributed by atoms with Gasteiger partial charge in [-0.2, -0.15) is 0 Å². The third-order valence-electron chi connectivity index (χ3n) is 4.44. The highest BCUT2D eigenvalue weighted by Gasteiger charge is 2.26. The standard InChI is InChI=1S/C26H32O/c1-24-20-19-22-26(2,3)25(24)21-17-15-13-11-9-7-5-4-6-8-10-12-14-16-18-23-27/h4-18,21,23H,19-20,22H2,1-3H3. The number of carbonyl (C=O) groups excluding carboxylic acids is 1. The second-order valence-corrected chi connectivity index (χ2v) is 7.12. The van der Waals surface area contributed by atoms with Gasteiger partial charge in [0.2, 0.25) is 0 Å². The first-order valence-electron chi connectivity index (χ1n) is 9.56. The third kappa shape index (κ3) is 10.2. The van der Waals surface area contributed by atoms with Crippen LogP contribution in [0.4, 0.5) is 0 Å². The Balaban J connectivity index is 2.36. The molecule has 0 unspecified atom stereocenters. The summed E-state index contributed by atoms with van der Waals surface area (Å²) in [5, 5.41) is 0. The van der Waals surface area contributed by atoms with Crippen molar-refractivity contribution in [3.8, 4) is 0 Å². The minimum Gasteiger partial charge on any atom is -0.299 e. The van der Waals surface area contributed by atoms with Crippen LogP contribution < -0.4 is 0 Å². The van der Waals surface area contributed by atoms with Crippen LogP contribution in [0.15, 0.2) is 108 Å². The maximum absolute atomic E-state index is 10.1. The summed E-state index contributed by atoms with van der Waals surface area (Å²) in [5.41, 5.74) is 3.33. The lowest BCUT2D eigenvalue weighted by Gasteiger charge is -2.32. The summed E-state index contributed by atoms with van der Waals surface area (Å²) in [4.78, 5) is 10.1. The molecular weight excluding hydrogens is 328 g/mol. The molecule has 27 heavy (non-hydrogen) atoms. The lowest BCUT2D eigenvalue weighted by molar-refractivity contribution is -0.104. The molecule has 0 aromatic carbocycles. The average molecular weight is 361 g/mol. The fourth-order valence-corrected chi connectivity index (χ4v) is 3.04. The molecule has 0 N–H and O–H groups in total. The summed E-state index contributed by atoms with van der Waals surface area (Å²) in [6.45, 7) is 6.94. The molecular formula is C26H32O. The van der Waals surface area contributed by atoms with Gasteiger partial charge in [-0.15, -0.1) is 0 Å². The lowest BCUT2D eigenvalue weighted by Crippen LogP contribution is -2.18. The third-order valence-corrected chi connectivity index (χ3v) is 4.44. The van der Waals surface area contributed by atoms with Crippen molar-refractivity contribution >= 4 is 6.29 Å². The van der Waals surface area contributed by atoms with Crippen molar-refractivity contribution in [3.05, 3.63) is 108 Å². The molecule has 0 bridgehead atoms. The molecule has 0 saturated heterocycles. The maximum atomic E-state index is 10.1. The highest BCUT2D eigenvalue weighted by atomic mass is 16.1. The molecule has 1 rings (SSSR count). The fourth-order valence-electron chi connectivity index (χ4n) is 3.04. The van der Waals surface area contributed by atoms with Crippen molar-refractivity contribution in [2.45, 2.75) is 40.0 Å². The zero-order chi connectivity index (χ0) is 19.8. The summed E-state index contributed by atoms with van der Waals surface area (Å²) in [5.74, 6) is 0. The first kappa shape index (κ1) is 22.4. The Morgan fingerprint density at radius 2 is 1.07 bits per heavy atom. The molecule has 1 aliphatic rings. The van der Waals surface area contributed by atoms with Gasteiger partial charge in [-0.1, -0.05) is 111 Å². The summed E-state index contributed by atoms with van der Waals surface area (Å²) < 4.78 is 0. The van der Waals surface area contributed by atoms with Crippen molar-refractivity contribution in [2.75, 3.05) is 0 Å². The molecule has 0 aliphatic heterocycles. The van der Waals surface area contributed by atoms with Gasteiger partial charge in [-0.3, -0.25) is 4.79 Å². The minimum absolute atomic E-state index is 0.300. The van der Waals surface area contributed by atoms with E-state index in [1.54, 1.807) is 6.08 Å². The Bertz CT molecular complexity index is 713. The van der Waals surface area contributed by atoms with Crippen LogP contribution in [-0.4, -0.2) is 6.29 Å². The largest absolute Gasteiger partial charge is 0.299 e. The smallest absolute Gasteiger partial charge is 0.142 e. The van der Waals surface area contributed by atoms with Crippen molar-refractivity contribution in [3.63, 3.8) is 0 Å². The Kier molecular flexibility index (Phi) is 11.2. The highest BCUT2D eigenvalue weighted by molar-refractivity contribution is 5.65. The van der Waals surface area contributed by atoms with Gasteiger partial charge in [0.15, 0.2) is 0 Å². The number of hydrogen-bond donors (Lipinski definition) is 0. The number of hydrogen-bond acceptors (Lipinski definition) is 1. The molecule has 0 saturated carbocycles. The molecule has 0 amide bonds. The van der Waals surface area contributed by atoms with Gasteiger partial charge < -0.3 is 0 Å². The van der Waals surface area contributed by atoms with Crippen molar-refractivity contribution < 1.29 is 4.79 Å². The molecule has 1 heteroatoms. The summed E-state index contributed by atoms with van der Waals surface area (Å²) in [6.07, 6.45) is 35.7. The van der Waals surface area contributed by atoms with E-state index in [1.807, 2.05) is 66.8 Å². The fraction of sp³-hybridized carbons (Fsp3) is 0.269. The van der Waals surface area contributed by atoms with Crippen molar-refractivity contribution in [1.82, 2.24) is 0 Å². The van der Waals surface area contributed by atoms with Crippen LogP contribution in [0.25, 0.3) is 0 Å². The van der Waals surface area contributed by atoms with E-state index >= 15 is 0 Å². The lowest BCUT2D eigenvalue weighted by atomic mass is 9.73. The maximum Gasteiger partial charge on any atom is 0.142 e. The zero-order valence-electron chi connectivity index (χ0n) is 16.8. The van der Waals surface area contributed by atoms with E-state index in [0.717, 1.165) is 6.29 Å². The molecule has 0 heterocycles. The first-order valence-corrected chi connectivity index (χ1v) is 9.56. The van der Waals surface area contributed by atoms with Crippen LogP contribution in [0.1, 0.15) is 40.0 Å². The molecule has 0 aromatic rings. The predicted molar refractivity (Wildman–Crippen MR) is 120 cm³/mol. The molecule has 1 aliphatic carbocycles. The first-order chi connectivity index (χ1) is 13.1. The van der Waals surface area contributed by atoms with Crippen LogP contribution in [0.5, 0.6) is 0 Å². The normalized spacial score (nSPS) is 19.1. The molecule has 0 radical (unpaired) electrons. The van der Waals surface area contributed by atoms with Crippen LogP contribution in [0, 0.1) is 5.41 Å². The van der Waals surface area contributed by atoms with Gasteiger partial charge in [-0.05, 0) is 43.3 Å². The van der Waals surface area contributed by atoms with Crippen LogP contribution in [0.3, 0.4) is 0 Å². The number of aldehydes is 1. The monoisotopic (exact) mass is 360 g/mol. The summed E-state index contributed by atoms with van der Waals surface area (Å²) in [6, 6.07) is 0. The predicted octanol–water partition coefficient (Wildman–Crippen LogP) is 7.16. The van der Waals surface area contributed by atoms with E-state index in [4.69, 9.17) is 0 Å². The molecule has 0 fully saturated rings.